The van der Waals surface area contributed by atoms with Crippen molar-refractivity contribution in [3.05, 3.63) is 60.1 Å². The first-order valence-electron chi connectivity index (χ1n) is 10.0. The Balaban J connectivity index is 1.56. The van der Waals surface area contributed by atoms with Crippen molar-refractivity contribution in [3.63, 3.8) is 0 Å². The number of carbonyl (C=O) groups excluding carboxylic acids is 1. The SMILES string of the molecule is CCNC(=NCC(=O)NCc1ccco1)N1CCC(c2ccccc2)C(C)C1. The van der Waals surface area contributed by atoms with E-state index in [1.165, 1.54) is 5.56 Å². The Kier molecular flexibility index (Phi) is 7.12. The minimum Gasteiger partial charge on any atom is -0.467 e. The van der Waals surface area contributed by atoms with Crippen molar-refractivity contribution in [2.24, 2.45) is 10.9 Å². The van der Waals surface area contributed by atoms with Gasteiger partial charge in [-0.1, -0.05) is 37.3 Å². The molecule has 0 spiro atoms. The van der Waals surface area contributed by atoms with Gasteiger partial charge in [-0.3, -0.25) is 4.79 Å². The molecule has 1 aromatic heterocycles. The highest BCUT2D eigenvalue weighted by Crippen LogP contribution is 2.32. The van der Waals surface area contributed by atoms with E-state index in [-0.39, 0.29) is 12.5 Å². The molecular weight excluding hydrogens is 352 g/mol. The summed E-state index contributed by atoms with van der Waals surface area (Å²) >= 11 is 0. The molecule has 2 atom stereocenters. The molecule has 1 aliphatic heterocycles. The molecule has 2 heterocycles. The van der Waals surface area contributed by atoms with E-state index in [0.29, 0.717) is 18.4 Å². The molecule has 0 saturated carbocycles. The van der Waals surface area contributed by atoms with Gasteiger partial charge >= 0.3 is 0 Å². The van der Waals surface area contributed by atoms with Crippen LogP contribution < -0.4 is 10.6 Å². The minimum atomic E-state index is -0.112. The zero-order chi connectivity index (χ0) is 19.8. The van der Waals surface area contributed by atoms with Crippen LogP contribution in [0.5, 0.6) is 0 Å². The Bertz CT molecular complexity index is 758. The maximum Gasteiger partial charge on any atom is 0.242 e. The highest BCUT2D eigenvalue weighted by atomic mass is 16.3. The molecule has 0 aliphatic carbocycles. The molecule has 2 N–H and O–H groups in total. The van der Waals surface area contributed by atoms with Crippen LogP contribution in [0, 0.1) is 5.92 Å². The zero-order valence-corrected chi connectivity index (χ0v) is 16.7. The van der Waals surface area contributed by atoms with Crippen LogP contribution in [0.25, 0.3) is 0 Å². The molecule has 1 aromatic carbocycles. The number of amides is 1. The average molecular weight is 383 g/mol. The van der Waals surface area contributed by atoms with Gasteiger partial charge in [0.25, 0.3) is 0 Å². The molecule has 0 radical (unpaired) electrons. The Morgan fingerprint density at radius 2 is 2.04 bits per heavy atom. The first kappa shape index (κ1) is 20.0. The maximum absolute atomic E-state index is 12.1. The molecule has 28 heavy (non-hydrogen) atoms. The molecule has 6 nitrogen and oxygen atoms in total. The van der Waals surface area contributed by atoms with Gasteiger partial charge in [-0.25, -0.2) is 4.99 Å². The number of aliphatic imine (C=N–C) groups is 1. The van der Waals surface area contributed by atoms with Crippen molar-refractivity contribution in [2.75, 3.05) is 26.2 Å². The third kappa shape index (κ3) is 5.38. The second kappa shape index (κ2) is 9.97. The lowest BCUT2D eigenvalue weighted by molar-refractivity contribution is -0.119. The number of rotatable bonds is 6. The number of nitrogens with one attached hydrogen (secondary N) is 2. The molecule has 1 aliphatic rings. The molecule has 2 aromatic rings. The van der Waals surface area contributed by atoms with E-state index >= 15 is 0 Å². The number of furan rings is 1. The van der Waals surface area contributed by atoms with Crippen molar-refractivity contribution in [3.8, 4) is 0 Å². The Morgan fingerprint density at radius 3 is 2.71 bits per heavy atom. The first-order valence-corrected chi connectivity index (χ1v) is 10.0. The summed E-state index contributed by atoms with van der Waals surface area (Å²) in [6.07, 6.45) is 2.68. The number of nitrogens with zero attached hydrogens (tertiary/aromatic N) is 2. The van der Waals surface area contributed by atoms with Crippen LogP contribution in [0.2, 0.25) is 0 Å². The van der Waals surface area contributed by atoms with E-state index in [4.69, 9.17) is 4.42 Å². The summed E-state index contributed by atoms with van der Waals surface area (Å²) in [5.41, 5.74) is 1.41. The Morgan fingerprint density at radius 1 is 1.21 bits per heavy atom. The fraction of sp³-hybridized carbons (Fsp3) is 0.455. The quantitative estimate of drug-likeness (QED) is 0.595. The largest absolute Gasteiger partial charge is 0.467 e. The van der Waals surface area contributed by atoms with Crippen LogP contribution in [-0.4, -0.2) is 42.9 Å². The van der Waals surface area contributed by atoms with Gasteiger partial charge in [-0.15, -0.1) is 0 Å². The second-order valence-corrected chi connectivity index (χ2v) is 7.26. The van der Waals surface area contributed by atoms with E-state index in [1.807, 2.05) is 19.1 Å². The Hall–Kier alpha value is -2.76. The summed E-state index contributed by atoms with van der Waals surface area (Å²) in [4.78, 5) is 19.0. The van der Waals surface area contributed by atoms with Gasteiger partial charge in [0.2, 0.25) is 5.91 Å². The van der Waals surface area contributed by atoms with E-state index in [2.05, 4.69) is 57.8 Å². The monoisotopic (exact) mass is 382 g/mol. The summed E-state index contributed by atoms with van der Waals surface area (Å²) in [5.74, 6) is 2.53. The number of guanidine groups is 1. The lowest BCUT2D eigenvalue weighted by Crippen LogP contribution is -2.48. The van der Waals surface area contributed by atoms with Crippen LogP contribution >= 0.6 is 0 Å². The number of benzene rings is 1. The van der Waals surface area contributed by atoms with Crippen molar-refractivity contribution in [1.29, 1.82) is 0 Å². The van der Waals surface area contributed by atoms with Crippen molar-refractivity contribution < 1.29 is 9.21 Å². The van der Waals surface area contributed by atoms with Gasteiger partial charge < -0.3 is 20.0 Å². The van der Waals surface area contributed by atoms with Gasteiger partial charge in [-0.2, -0.15) is 0 Å². The Labute approximate surface area is 167 Å². The fourth-order valence-electron chi connectivity index (χ4n) is 3.76. The summed E-state index contributed by atoms with van der Waals surface area (Å²) in [6, 6.07) is 14.4. The average Bonchev–Trinajstić information content (AvgIpc) is 3.24. The molecule has 1 amide bonds. The lowest BCUT2D eigenvalue weighted by atomic mass is 9.82. The number of likely N-dealkylation sites (tertiary alicyclic amines) is 1. The van der Waals surface area contributed by atoms with Gasteiger partial charge in [0.05, 0.1) is 12.8 Å². The highest BCUT2D eigenvalue weighted by molar-refractivity contribution is 5.85. The van der Waals surface area contributed by atoms with E-state index < -0.39 is 0 Å². The summed E-state index contributed by atoms with van der Waals surface area (Å²) in [6.45, 7) is 7.48. The maximum atomic E-state index is 12.1. The van der Waals surface area contributed by atoms with E-state index in [0.717, 1.165) is 37.8 Å². The number of hydrogen-bond acceptors (Lipinski definition) is 3. The second-order valence-electron chi connectivity index (χ2n) is 7.26. The molecular formula is C22H30N4O2. The minimum absolute atomic E-state index is 0.107. The van der Waals surface area contributed by atoms with E-state index in [1.54, 1.807) is 6.26 Å². The van der Waals surface area contributed by atoms with Crippen LogP contribution in [0.4, 0.5) is 0 Å². The number of piperidine rings is 1. The van der Waals surface area contributed by atoms with Crippen LogP contribution in [0.15, 0.2) is 58.1 Å². The van der Waals surface area contributed by atoms with Gasteiger partial charge in [0, 0.05) is 19.6 Å². The van der Waals surface area contributed by atoms with Gasteiger partial charge in [0.15, 0.2) is 5.96 Å². The summed E-state index contributed by atoms with van der Waals surface area (Å²) < 4.78 is 5.23. The molecule has 3 rings (SSSR count). The van der Waals surface area contributed by atoms with E-state index in [9.17, 15) is 4.79 Å². The van der Waals surface area contributed by atoms with Crippen LogP contribution in [0.1, 0.15) is 37.5 Å². The molecule has 2 unspecified atom stereocenters. The lowest BCUT2D eigenvalue weighted by Gasteiger charge is -2.39. The van der Waals surface area contributed by atoms with Gasteiger partial charge in [0.1, 0.15) is 12.3 Å². The molecule has 0 bridgehead atoms. The smallest absolute Gasteiger partial charge is 0.242 e. The highest BCUT2D eigenvalue weighted by Gasteiger charge is 2.28. The standard InChI is InChI=1S/C22H30N4O2/c1-3-23-22(25-15-21(27)24-14-19-10-7-13-28-19)26-12-11-20(17(2)16-26)18-8-5-4-6-9-18/h4-10,13,17,20H,3,11-12,14-16H2,1-2H3,(H,23,25)(H,24,27). The third-order valence-electron chi connectivity index (χ3n) is 5.18. The van der Waals surface area contributed by atoms with Gasteiger partial charge in [-0.05, 0) is 42.9 Å². The van der Waals surface area contributed by atoms with Crippen molar-refractivity contribution in [2.45, 2.75) is 32.7 Å². The topological polar surface area (TPSA) is 69.9 Å². The van der Waals surface area contributed by atoms with Crippen molar-refractivity contribution in [1.82, 2.24) is 15.5 Å². The first-order chi connectivity index (χ1) is 13.7. The zero-order valence-electron chi connectivity index (χ0n) is 16.7. The van der Waals surface area contributed by atoms with Crippen molar-refractivity contribution >= 4 is 11.9 Å². The normalized spacial score (nSPS) is 20.1. The molecule has 1 fully saturated rings. The third-order valence-corrected chi connectivity index (χ3v) is 5.18. The molecule has 1 saturated heterocycles. The predicted molar refractivity (Wildman–Crippen MR) is 111 cm³/mol. The number of hydrogen-bond donors (Lipinski definition) is 2. The molecule has 6 heteroatoms. The summed E-state index contributed by atoms with van der Waals surface area (Å²) in [5, 5.41) is 6.17. The van der Waals surface area contributed by atoms with Crippen LogP contribution in [0.3, 0.4) is 0 Å². The van der Waals surface area contributed by atoms with Crippen LogP contribution in [-0.2, 0) is 11.3 Å². The number of carbonyl (C=O) groups is 1. The predicted octanol–water partition coefficient (Wildman–Crippen LogP) is 2.99. The fourth-order valence-corrected chi connectivity index (χ4v) is 3.76. The molecule has 150 valence electrons. The summed E-state index contributed by atoms with van der Waals surface area (Å²) in [7, 11) is 0.